The molecular formula is C20H22N6O2. The number of nitrogens with zero attached hydrogens (tertiary/aromatic N) is 4. The third-order valence-corrected chi connectivity index (χ3v) is 4.29. The number of benzene rings is 1. The van der Waals surface area contributed by atoms with Crippen LogP contribution in [0, 0.1) is 10.1 Å². The first kappa shape index (κ1) is 19.2. The Balaban J connectivity index is 1.82. The molecule has 0 fully saturated rings. The molecule has 1 atom stereocenters. The van der Waals surface area contributed by atoms with Crippen LogP contribution in [-0.2, 0) is 6.54 Å². The average molecular weight is 378 g/mol. The van der Waals surface area contributed by atoms with Crippen molar-refractivity contribution in [2.24, 2.45) is 0 Å². The van der Waals surface area contributed by atoms with Crippen LogP contribution in [0.4, 0.5) is 17.5 Å². The molecule has 0 saturated carbocycles. The molecule has 0 bridgehead atoms. The van der Waals surface area contributed by atoms with Gasteiger partial charge < -0.3 is 10.6 Å². The van der Waals surface area contributed by atoms with Gasteiger partial charge in [-0.3, -0.25) is 15.1 Å². The van der Waals surface area contributed by atoms with Gasteiger partial charge in [0.1, 0.15) is 5.82 Å². The Bertz CT molecular complexity index is 931. The minimum Gasteiger partial charge on any atom is -0.366 e. The van der Waals surface area contributed by atoms with Crippen molar-refractivity contribution in [3.05, 3.63) is 70.5 Å². The van der Waals surface area contributed by atoms with Crippen molar-refractivity contribution in [3.63, 3.8) is 0 Å². The number of rotatable bonds is 8. The maximum absolute atomic E-state index is 10.8. The number of nitro benzene ring substituents is 1. The summed E-state index contributed by atoms with van der Waals surface area (Å²) < 4.78 is 0. The van der Waals surface area contributed by atoms with Gasteiger partial charge in [0.2, 0.25) is 5.95 Å². The number of hydrogen-bond donors (Lipinski definition) is 2. The highest BCUT2D eigenvalue weighted by Gasteiger charge is 2.10. The maximum atomic E-state index is 10.8. The van der Waals surface area contributed by atoms with Gasteiger partial charge >= 0.3 is 0 Å². The molecule has 0 saturated heterocycles. The molecule has 28 heavy (non-hydrogen) atoms. The van der Waals surface area contributed by atoms with Crippen molar-refractivity contribution in [1.82, 2.24) is 15.0 Å². The summed E-state index contributed by atoms with van der Waals surface area (Å²) in [4.78, 5) is 23.7. The number of anilines is 2. The molecule has 2 aromatic heterocycles. The molecule has 0 unspecified atom stereocenters. The summed E-state index contributed by atoms with van der Waals surface area (Å²) in [5.41, 5.74) is 2.66. The fourth-order valence-corrected chi connectivity index (χ4v) is 2.52. The second kappa shape index (κ2) is 8.90. The van der Waals surface area contributed by atoms with E-state index in [9.17, 15) is 10.1 Å². The van der Waals surface area contributed by atoms with Crippen LogP contribution in [0.15, 0.2) is 54.9 Å². The molecule has 0 aliphatic rings. The van der Waals surface area contributed by atoms with Crippen LogP contribution in [-0.4, -0.2) is 25.9 Å². The predicted octanol–water partition coefficient (Wildman–Crippen LogP) is 4.27. The molecule has 8 heteroatoms. The molecule has 8 nitrogen and oxygen atoms in total. The van der Waals surface area contributed by atoms with Crippen LogP contribution >= 0.6 is 0 Å². The lowest BCUT2D eigenvalue weighted by Gasteiger charge is -2.14. The first-order valence-corrected chi connectivity index (χ1v) is 9.08. The first-order valence-electron chi connectivity index (χ1n) is 9.08. The zero-order valence-electron chi connectivity index (χ0n) is 15.8. The first-order chi connectivity index (χ1) is 13.5. The van der Waals surface area contributed by atoms with Gasteiger partial charge in [0.15, 0.2) is 0 Å². The summed E-state index contributed by atoms with van der Waals surface area (Å²) in [6, 6.07) is 12.4. The van der Waals surface area contributed by atoms with Crippen LogP contribution in [0.1, 0.15) is 25.8 Å². The van der Waals surface area contributed by atoms with Crippen molar-refractivity contribution >= 4 is 17.5 Å². The Hall–Kier alpha value is -3.55. The average Bonchev–Trinajstić information content (AvgIpc) is 2.73. The highest BCUT2D eigenvalue weighted by molar-refractivity contribution is 5.63. The van der Waals surface area contributed by atoms with Gasteiger partial charge in [-0.2, -0.15) is 4.98 Å². The molecule has 2 heterocycles. The largest absolute Gasteiger partial charge is 0.366 e. The van der Waals surface area contributed by atoms with Gasteiger partial charge in [-0.1, -0.05) is 19.1 Å². The minimum atomic E-state index is -0.408. The number of pyridine rings is 1. The van der Waals surface area contributed by atoms with E-state index in [0.717, 1.165) is 23.2 Å². The lowest BCUT2D eigenvalue weighted by atomic mass is 10.2. The van der Waals surface area contributed by atoms with E-state index in [1.165, 1.54) is 12.1 Å². The van der Waals surface area contributed by atoms with Gasteiger partial charge in [0.05, 0.1) is 10.6 Å². The molecule has 0 aliphatic heterocycles. The van der Waals surface area contributed by atoms with E-state index in [4.69, 9.17) is 0 Å². The lowest BCUT2D eigenvalue weighted by molar-refractivity contribution is -0.384. The zero-order valence-corrected chi connectivity index (χ0v) is 15.8. The summed E-state index contributed by atoms with van der Waals surface area (Å²) in [7, 11) is 0. The van der Waals surface area contributed by atoms with Crippen molar-refractivity contribution in [3.8, 4) is 11.3 Å². The number of aromatic nitrogens is 3. The minimum absolute atomic E-state index is 0.0738. The number of non-ortho nitro benzene ring substituents is 1. The van der Waals surface area contributed by atoms with Crippen LogP contribution in [0.25, 0.3) is 11.3 Å². The van der Waals surface area contributed by atoms with Crippen molar-refractivity contribution < 1.29 is 4.92 Å². The van der Waals surface area contributed by atoms with E-state index in [0.29, 0.717) is 18.3 Å². The van der Waals surface area contributed by atoms with E-state index in [1.54, 1.807) is 24.5 Å². The van der Waals surface area contributed by atoms with Gasteiger partial charge in [0.25, 0.3) is 5.69 Å². The lowest BCUT2D eigenvalue weighted by Crippen LogP contribution is -2.16. The van der Waals surface area contributed by atoms with E-state index < -0.39 is 4.92 Å². The van der Waals surface area contributed by atoms with Crippen molar-refractivity contribution in [1.29, 1.82) is 0 Å². The van der Waals surface area contributed by atoms with E-state index in [2.05, 4.69) is 39.4 Å². The van der Waals surface area contributed by atoms with Crippen LogP contribution in [0.5, 0.6) is 0 Å². The summed E-state index contributed by atoms with van der Waals surface area (Å²) in [5.74, 6) is 1.21. The van der Waals surface area contributed by atoms with Gasteiger partial charge in [0, 0.05) is 48.7 Å². The number of hydrogen-bond acceptors (Lipinski definition) is 7. The second-order valence-corrected chi connectivity index (χ2v) is 6.43. The fraction of sp³-hybridized carbons (Fsp3) is 0.250. The number of nitro groups is 1. The summed E-state index contributed by atoms with van der Waals surface area (Å²) in [5, 5.41) is 17.3. The Morgan fingerprint density at radius 1 is 1.18 bits per heavy atom. The quantitative estimate of drug-likeness (QED) is 0.445. The topological polar surface area (TPSA) is 106 Å². The molecule has 0 aliphatic carbocycles. The Labute approximate surface area is 163 Å². The van der Waals surface area contributed by atoms with Gasteiger partial charge in [-0.05, 0) is 31.0 Å². The Morgan fingerprint density at radius 3 is 2.61 bits per heavy atom. The SMILES string of the molecule is CC[C@H](C)Nc1nc(NCc2ccc([N+](=O)[O-])cc2)cc(-c2cccnc2)n1. The third kappa shape index (κ3) is 5.00. The molecule has 3 rings (SSSR count). The van der Waals surface area contributed by atoms with E-state index >= 15 is 0 Å². The molecule has 2 N–H and O–H groups in total. The summed E-state index contributed by atoms with van der Waals surface area (Å²) in [6.07, 6.45) is 4.43. The Kier molecular flexibility index (Phi) is 6.11. The highest BCUT2D eigenvalue weighted by Crippen LogP contribution is 2.22. The molecule has 1 aromatic carbocycles. The Morgan fingerprint density at radius 2 is 1.96 bits per heavy atom. The fourth-order valence-electron chi connectivity index (χ4n) is 2.52. The summed E-state index contributed by atoms with van der Waals surface area (Å²) >= 11 is 0. The van der Waals surface area contributed by atoms with E-state index in [-0.39, 0.29) is 11.7 Å². The maximum Gasteiger partial charge on any atom is 0.269 e. The van der Waals surface area contributed by atoms with Crippen molar-refractivity contribution in [2.75, 3.05) is 10.6 Å². The molecule has 144 valence electrons. The molecular weight excluding hydrogens is 356 g/mol. The monoisotopic (exact) mass is 378 g/mol. The normalized spacial score (nSPS) is 11.6. The molecule has 3 aromatic rings. The van der Waals surface area contributed by atoms with Crippen LogP contribution in [0.2, 0.25) is 0 Å². The predicted molar refractivity (Wildman–Crippen MR) is 109 cm³/mol. The smallest absolute Gasteiger partial charge is 0.269 e. The van der Waals surface area contributed by atoms with Gasteiger partial charge in [-0.15, -0.1) is 0 Å². The van der Waals surface area contributed by atoms with E-state index in [1.807, 2.05) is 18.2 Å². The second-order valence-electron chi connectivity index (χ2n) is 6.43. The molecule has 0 spiro atoms. The van der Waals surface area contributed by atoms with Crippen LogP contribution in [0.3, 0.4) is 0 Å². The third-order valence-electron chi connectivity index (χ3n) is 4.29. The van der Waals surface area contributed by atoms with Gasteiger partial charge in [-0.25, -0.2) is 4.98 Å². The standard InChI is InChI=1S/C20H22N6O2/c1-3-14(2)23-20-24-18(16-5-4-10-21-13-16)11-19(25-20)22-12-15-6-8-17(9-7-15)26(27)28/h4-11,13-14H,3,12H2,1-2H3,(H2,22,23,24,25)/t14-/m0/s1. The van der Waals surface area contributed by atoms with Crippen molar-refractivity contribution in [2.45, 2.75) is 32.9 Å². The molecule has 0 radical (unpaired) electrons. The van der Waals surface area contributed by atoms with Crippen LogP contribution < -0.4 is 10.6 Å². The number of nitrogens with one attached hydrogen (secondary N) is 2. The highest BCUT2D eigenvalue weighted by atomic mass is 16.6. The summed E-state index contributed by atoms with van der Waals surface area (Å²) in [6.45, 7) is 4.66. The zero-order chi connectivity index (χ0) is 19.9. The molecule has 0 amide bonds.